The zero-order valence-corrected chi connectivity index (χ0v) is 11.0. The summed E-state index contributed by atoms with van der Waals surface area (Å²) in [6.45, 7) is 2.56. The van der Waals surface area contributed by atoms with Crippen LogP contribution in [0.25, 0.3) is 0 Å². The van der Waals surface area contributed by atoms with Crippen molar-refractivity contribution in [1.29, 1.82) is 0 Å². The molecule has 1 N–H and O–H groups in total. The molecule has 108 valence electrons. The monoisotopic (exact) mass is 281 g/mol. The molecule has 1 aliphatic heterocycles. The van der Waals surface area contributed by atoms with Gasteiger partial charge >= 0.3 is 0 Å². The van der Waals surface area contributed by atoms with Gasteiger partial charge in [0.2, 0.25) is 0 Å². The number of aliphatic hydroxyl groups is 1. The maximum absolute atomic E-state index is 11.0. The summed E-state index contributed by atoms with van der Waals surface area (Å²) in [6, 6.07) is 3.55. The molecule has 0 aromatic heterocycles. The molecule has 1 aromatic rings. The fourth-order valence-corrected chi connectivity index (χ4v) is 2.50. The fraction of sp³-hybridized carbons (Fsp3) is 0.500. The topological polar surface area (TPSA) is 110 Å². The molecule has 0 spiro atoms. The summed E-state index contributed by atoms with van der Waals surface area (Å²) in [7, 11) is 0. The molecule has 8 nitrogen and oxygen atoms in total. The number of anilines is 1. The van der Waals surface area contributed by atoms with Crippen LogP contribution in [0, 0.1) is 20.2 Å². The van der Waals surface area contributed by atoms with Crippen molar-refractivity contribution in [1.82, 2.24) is 0 Å². The van der Waals surface area contributed by atoms with Gasteiger partial charge in [0.15, 0.2) is 0 Å². The number of nitrogens with zero attached hydrogens (tertiary/aromatic N) is 3. The highest BCUT2D eigenvalue weighted by Crippen LogP contribution is 2.38. The number of nitro groups is 2. The Kier molecular flexibility index (Phi) is 3.58. The molecular weight excluding hydrogens is 266 g/mol. The van der Waals surface area contributed by atoms with Crippen molar-refractivity contribution in [2.45, 2.75) is 25.4 Å². The van der Waals surface area contributed by atoms with Crippen LogP contribution in [0.2, 0.25) is 0 Å². The molecule has 0 saturated carbocycles. The van der Waals surface area contributed by atoms with E-state index in [2.05, 4.69) is 0 Å². The molecule has 0 unspecified atom stereocenters. The Morgan fingerprint density at radius 3 is 2.45 bits per heavy atom. The smallest absolute Gasteiger partial charge is 0.299 e. The Hall–Kier alpha value is -2.22. The number of hydrogen-bond donors (Lipinski definition) is 1. The predicted molar refractivity (Wildman–Crippen MR) is 71.8 cm³/mol. The molecular formula is C12H15N3O5. The van der Waals surface area contributed by atoms with Crippen molar-refractivity contribution >= 4 is 17.1 Å². The first-order valence-electron chi connectivity index (χ1n) is 6.26. The minimum Gasteiger partial charge on any atom is -0.386 e. The number of hydrogen-bond acceptors (Lipinski definition) is 6. The van der Waals surface area contributed by atoms with E-state index in [0.717, 1.165) is 12.5 Å². The minimum absolute atomic E-state index is 0.305. The van der Waals surface area contributed by atoms with Gasteiger partial charge in [0.05, 0.1) is 21.5 Å². The summed E-state index contributed by atoms with van der Waals surface area (Å²) in [5, 5.41) is 31.8. The van der Waals surface area contributed by atoms with E-state index in [0.29, 0.717) is 25.2 Å². The van der Waals surface area contributed by atoms with Crippen LogP contribution in [0.5, 0.6) is 0 Å². The average Bonchev–Trinajstić information content (AvgIpc) is 2.35. The lowest BCUT2D eigenvalue weighted by molar-refractivity contribution is -0.393. The summed E-state index contributed by atoms with van der Waals surface area (Å²) in [5.41, 5.74) is -1.13. The normalized spacial score (nSPS) is 16.6. The van der Waals surface area contributed by atoms with Crippen molar-refractivity contribution in [3.63, 3.8) is 0 Å². The van der Waals surface area contributed by atoms with Crippen molar-refractivity contribution in [3.05, 3.63) is 38.4 Å². The van der Waals surface area contributed by atoms with E-state index >= 15 is 0 Å². The van der Waals surface area contributed by atoms with Crippen molar-refractivity contribution in [3.8, 4) is 0 Å². The predicted octanol–water partition coefficient (Wildman–Crippen LogP) is 1.85. The summed E-state index contributed by atoms with van der Waals surface area (Å²) in [4.78, 5) is 22.0. The first kappa shape index (κ1) is 14.2. The average molecular weight is 281 g/mol. The molecule has 0 aliphatic carbocycles. The first-order chi connectivity index (χ1) is 9.36. The Balaban J connectivity index is 2.25. The standard InChI is InChI=1S/C12H15N3O5/c1-2-5-12(16)7-13(8-12)10-4-3-9(14(17)18)6-11(10)15(19)20/h3-4,6,16H,2,5,7-8H2,1H3. The Morgan fingerprint density at radius 1 is 1.30 bits per heavy atom. The highest BCUT2D eigenvalue weighted by molar-refractivity contribution is 5.68. The van der Waals surface area contributed by atoms with Crippen LogP contribution in [0.3, 0.4) is 0 Å². The molecule has 20 heavy (non-hydrogen) atoms. The highest BCUT2D eigenvalue weighted by Gasteiger charge is 2.42. The highest BCUT2D eigenvalue weighted by atomic mass is 16.6. The number of nitro benzene ring substituents is 2. The van der Waals surface area contributed by atoms with Crippen LogP contribution in [-0.4, -0.2) is 33.6 Å². The zero-order chi connectivity index (χ0) is 14.9. The van der Waals surface area contributed by atoms with Crippen molar-refractivity contribution in [2.75, 3.05) is 18.0 Å². The van der Waals surface area contributed by atoms with E-state index in [1.54, 1.807) is 4.90 Å². The molecule has 8 heteroatoms. The fourth-order valence-electron chi connectivity index (χ4n) is 2.50. The Morgan fingerprint density at radius 2 is 1.95 bits per heavy atom. The molecule has 1 heterocycles. The lowest BCUT2D eigenvalue weighted by Crippen LogP contribution is -2.62. The first-order valence-corrected chi connectivity index (χ1v) is 6.26. The summed E-state index contributed by atoms with van der Waals surface area (Å²) >= 11 is 0. The van der Waals surface area contributed by atoms with Gasteiger partial charge in [0.1, 0.15) is 5.69 Å². The van der Waals surface area contributed by atoms with Crippen molar-refractivity contribution in [2.24, 2.45) is 0 Å². The zero-order valence-electron chi connectivity index (χ0n) is 11.0. The molecule has 0 amide bonds. The molecule has 0 atom stereocenters. The molecule has 0 radical (unpaired) electrons. The minimum atomic E-state index is -0.815. The third-order valence-corrected chi connectivity index (χ3v) is 3.39. The number of benzene rings is 1. The van der Waals surface area contributed by atoms with Crippen LogP contribution in [0.1, 0.15) is 19.8 Å². The van der Waals surface area contributed by atoms with Gasteiger partial charge in [0, 0.05) is 19.2 Å². The van der Waals surface area contributed by atoms with Gasteiger partial charge in [-0.05, 0) is 12.5 Å². The molecule has 0 bridgehead atoms. The molecule has 2 rings (SSSR count). The maximum atomic E-state index is 11.0. The van der Waals surface area contributed by atoms with E-state index < -0.39 is 15.4 Å². The van der Waals surface area contributed by atoms with Crippen LogP contribution in [0.4, 0.5) is 17.1 Å². The summed E-state index contributed by atoms with van der Waals surface area (Å²) < 4.78 is 0. The quantitative estimate of drug-likeness (QED) is 0.651. The third kappa shape index (κ3) is 2.55. The maximum Gasteiger partial charge on any atom is 0.299 e. The van der Waals surface area contributed by atoms with Gasteiger partial charge in [-0.1, -0.05) is 13.3 Å². The Labute approximate surface area is 114 Å². The van der Waals surface area contributed by atoms with Crippen LogP contribution in [0.15, 0.2) is 18.2 Å². The number of rotatable bonds is 5. The number of β-amino-alcohol motifs (C(OH)–C–C–N with tert-alkyl or cyclic N) is 1. The van der Waals surface area contributed by atoms with Gasteiger partial charge in [-0.15, -0.1) is 0 Å². The van der Waals surface area contributed by atoms with E-state index in [1.165, 1.54) is 12.1 Å². The molecule has 1 aromatic carbocycles. The second-order valence-electron chi connectivity index (χ2n) is 5.02. The largest absolute Gasteiger partial charge is 0.386 e. The molecule has 1 fully saturated rings. The van der Waals surface area contributed by atoms with Crippen LogP contribution < -0.4 is 4.90 Å². The third-order valence-electron chi connectivity index (χ3n) is 3.39. The van der Waals surface area contributed by atoms with E-state index in [-0.39, 0.29) is 11.4 Å². The Bertz CT molecular complexity index is 554. The van der Waals surface area contributed by atoms with Crippen LogP contribution >= 0.6 is 0 Å². The SMILES string of the molecule is CCCC1(O)CN(c2ccc([N+](=O)[O-])cc2[N+](=O)[O-])C1. The van der Waals surface area contributed by atoms with E-state index in [9.17, 15) is 25.3 Å². The van der Waals surface area contributed by atoms with E-state index in [1.807, 2.05) is 6.92 Å². The summed E-state index contributed by atoms with van der Waals surface area (Å²) in [5.74, 6) is 0. The van der Waals surface area contributed by atoms with Gasteiger partial charge in [0.25, 0.3) is 11.4 Å². The lowest BCUT2D eigenvalue weighted by Gasteiger charge is -2.47. The van der Waals surface area contributed by atoms with E-state index in [4.69, 9.17) is 0 Å². The van der Waals surface area contributed by atoms with Gasteiger partial charge in [-0.3, -0.25) is 20.2 Å². The number of non-ortho nitro benzene ring substituents is 1. The molecule has 1 aliphatic rings. The van der Waals surface area contributed by atoms with Crippen molar-refractivity contribution < 1.29 is 15.0 Å². The van der Waals surface area contributed by atoms with Crippen LogP contribution in [-0.2, 0) is 0 Å². The van der Waals surface area contributed by atoms with Gasteiger partial charge < -0.3 is 10.0 Å². The molecule has 1 saturated heterocycles. The second kappa shape index (κ2) is 5.04. The van der Waals surface area contributed by atoms with Gasteiger partial charge in [-0.25, -0.2) is 0 Å². The summed E-state index contributed by atoms with van der Waals surface area (Å²) in [6.07, 6.45) is 1.46. The lowest BCUT2D eigenvalue weighted by atomic mass is 9.88. The second-order valence-corrected chi connectivity index (χ2v) is 5.02. The van der Waals surface area contributed by atoms with Gasteiger partial charge in [-0.2, -0.15) is 0 Å².